The monoisotopic (exact) mass is 456 g/mol. The topological polar surface area (TPSA) is 82.3 Å². The lowest BCUT2D eigenvalue weighted by atomic mass is 10.1. The second kappa shape index (κ2) is 8.20. The lowest BCUT2D eigenvalue weighted by Crippen LogP contribution is -2.11. The van der Waals surface area contributed by atoms with Crippen LogP contribution in [0.3, 0.4) is 0 Å². The van der Waals surface area contributed by atoms with Gasteiger partial charge in [0.05, 0.1) is 27.6 Å². The predicted octanol–water partition coefficient (Wildman–Crippen LogP) is 5.45. The Labute approximate surface area is 183 Å². The van der Waals surface area contributed by atoms with E-state index in [0.717, 1.165) is 38.0 Å². The Kier molecular flexibility index (Phi) is 5.62. The lowest BCUT2D eigenvalue weighted by molar-refractivity contribution is 0.415. The van der Waals surface area contributed by atoms with E-state index in [-0.39, 0.29) is 4.90 Å². The fraction of sp³-hybridized carbons (Fsp3) is 0.0455. The van der Waals surface area contributed by atoms with Gasteiger partial charge in [-0.1, -0.05) is 41.9 Å². The minimum Gasteiger partial charge on any atom is -0.497 e. The van der Waals surface area contributed by atoms with E-state index in [0.29, 0.717) is 5.02 Å². The van der Waals surface area contributed by atoms with Crippen molar-refractivity contribution in [3.05, 3.63) is 77.8 Å². The second-order valence-electron chi connectivity index (χ2n) is 6.47. The fourth-order valence-electron chi connectivity index (χ4n) is 3.01. The molecule has 0 aliphatic heterocycles. The standard InChI is InChI=1S/C22H17ClN2O3S2/c1-28-16-10-6-14(7-11-16)20-21(15-8-12-17(13-9-15)30(24,26)27)29-22(25-20)18-4-2-3-5-19(18)23/h2-13H,1H3,(H2,24,26,27). The van der Waals surface area contributed by atoms with Crippen LogP contribution in [0.25, 0.3) is 32.3 Å². The van der Waals surface area contributed by atoms with Crippen LogP contribution in [-0.2, 0) is 10.0 Å². The molecule has 1 aromatic heterocycles. The smallest absolute Gasteiger partial charge is 0.238 e. The zero-order chi connectivity index (χ0) is 21.3. The molecule has 0 unspecified atom stereocenters. The Morgan fingerprint density at radius 3 is 2.17 bits per heavy atom. The normalized spacial score (nSPS) is 11.4. The van der Waals surface area contributed by atoms with Crippen LogP contribution in [0.1, 0.15) is 0 Å². The molecule has 30 heavy (non-hydrogen) atoms. The third kappa shape index (κ3) is 4.11. The number of hydrogen-bond donors (Lipinski definition) is 1. The number of sulfonamides is 1. The molecular weight excluding hydrogens is 440 g/mol. The zero-order valence-corrected chi connectivity index (χ0v) is 18.3. The molecule has 0 amide bonds. The average Bonchev–Trinajstić information content (AvgIpc) is 3.19. The first-order valence-corrected chi connectivity index (χ1v) is 11.6. The van der Waals surface area contributed by atoms with Crippen molar-refractivity contribution < 1.29 is 13.2 Å². The molecule has 0 spiro atoms. The summed E-state index contributed by atoms with van der Waals surface area (Å²) in [5.74, 6) is 0.749. The Hall–Kier alpha value is -2.71. The van der Waals surface area contributed by atoms with Crippen LogP contribution in [0.2, 0.25) is 5.02 Å². The van der Waals surface area contributed by atoms with Gasteiger partial charge < -0.3 is 4.74 Å². The highest BCUT2D eigenvalue weighted by atomic mass is 35.5. The van der Waals surface area contributed by atoms with Gasteiger partial charge in [-0.25, -0.2) is 18.5 Å². The van der Waals surface area contributed by atoms with Gasteiger partial charge in [-0.05, 0) is 48.0 Å². The molecule has 2 N–H and O–H groups in total. The largest absolute Gasteiger partial charge is 0.497 e. The van der Waals surface area contributed by atoms with Gasteiger partial charge in [0.15, 0.2) is 0 Å². The number of nitrogens with zero attached hydrogens (tertiary/aromatic N) is 1. The van der Waals surface area contributed by atoms with E-state index >= 15 is 0 Å². The predicted molar refractivity (Wildman–Crippen MR) is 121 cm³/mol. The van der Waals surface area contributed by atoms with Crippen molar-refractivity contribution in [1.29, 1.82) is 0 Å². The molecule has 0 aliphatic rings. The van der Waals surface area contributed by atoms with Crippen molar-refractivity contribution in [2.75, 3.05) is 7.11 Å². The molecule has 0 fully saturated rings. The summed E-state index contributed by atoms with van der Waals surface area (Å²) in [6.07, 6.45) is 0. The van der Waals surface area contributed by atoms with E-state index in [4.69, 9.17) is 26.5 Å². The summed E-state index contributed by atoms with van der Waals surface area (Å²) in [6.45, 7) is 0. The van der Waals surface area contributed by atoms with Gasteiger partial charge in [0.25, 0.3) is 0 Å². The third-order valence-electron chi connectivity index (χ3n) is 4.54. The molecule has 1 heterocycles. The first-order valence-electron chi connectivity index (χ1n) is 8.90. The van der Waals surface area contributed by atoms with E-state index in [1.807, 2.05) is 48.5 Å². The Morgan fingerprint density at radius 2 is 1.57 bits per heavy atom. The van der Waals surface area contributed by atoms with Crippen molar-refractivity contribution in [1.82, 2.24) is 4.98 Å². The molecule has 152 valence electrons. The number of nitrogens with two attached hydrogens (primary N) is 1. The average molecular weight is 457 g/mol. The highest BCUT2D eigenvalue weighted by molar-refractivity contribution is 7.89. The number of halogens is 1. The SMILES string of the molecule is COc1ccc(-c2nc(-c3ccccc3Cl)sc2-c2ccc(S(N)(=O)=O)cc2)cc1. The van der Waals surface area contributed by atoms with Crippen LogP contribution < -0.4 is 9.88 Å². The number of primary sulfonamides is 1. The number of hydrogen-bond acceptors (Lipinski definition) is 5. The lowest BCUT2D eigenvalue weighted by Gasteiger charge is -2.05. The van der Waals surface area contributed by atoms with Crippen LogP contribution >= 0.6 is 22.9 Å². The van der Waals surface area contributed by atoms with Crippen molar-refractivity contribution in [3.8, 4) is 38.0 Å². The van der Waals surface area contributed by atoms with E-state index in [2.05, 4.69) is 0 Å². The summed E-state index contributed by atoms with van der Waals surface area (Å²) in [6, 6.07) is 21.6. The summed E-state index contributed by atoms with van der Waals surface area (Å²) in [5.41, 5.74) is 3.37. The second-order valence-corrected chi connectivity index (χ2v) is 9.44. The number of benzene rings is 3. The van der Waals surface area contributed by atoms with E-state index in [1.165, 1.54) is 23.5 Å². The number of ether oxygens (including phenoxy) is 1. The first kappa shape index (κ1) is 20.6. The van der Waals surface area contributed by atoms with Gasteiger partial charge in [0.2, 0.25) is 10.0 Å². The van der Waals surface area contributed by atoms with Gasteiger partial charge >= 0.3 is 0 Å². The number of rotatable bonds is 5. The van der Waals surface area contributed by atoms with Gasteiger partial charge in [-0.15, -0.1) is 11.3 Å². The van der Waals surface area contributed by atoms with Gasteiger partial charge in [0.1, 0.15) is 10.8 Å². The quantitative estimate of drug-likeness (QED) is 0.432. The first-order chi connectivity index (χ1) is 14.4. The molecule has 8 heteroatoms. The van der Waals surface area contributed by atoms with Crippen LogP contribution in [0.5, 0.6) is 5.75 Å². The Bertz CT molecular complexity index is 1300. The van der Waals surface area contributed by atoms with Gasteiger partial charge in [0, 0.05) is 11.1 Å². The van der Waals surface area contributed by atoms with Crippen molar-refractivity contribution in [2.45, 2.75) is 4.90 Å². The highest BCUT2D eigenvalue weighted by Crippen LogP contribution is 2.42. The van der Waals surface area contributed by atoms with E-state index < -0.39 is 10.0 Å². The molecule has 0 bridgehead atoms. The molecule has 0 aliphatic carbocycles. The Morgan fingerprint density at radius 1 is 0.933 bits per heavy atom. The minimum atomic E-state index is -3.76. The minimum absolute atomic E-state index is 0.0630. The van der Waals surface area contributed by atoms with Gasteiger partial charge in [-0.3, -0.25) is 0 Å². The third-order valence-corrected chi connectivity index (χ3v) is 6.94. The summed E-state index contributed by atoms with van der Waals surface area (Å²) in [7, 11) is -2.14. The van der Waals surface area contributed by atoms with Crippen LogP contribution in [0.15, 0.2) is 77.7 Å². The van der Waals surface area contributed by atoms with E-state index in [9.17, 15) is 8.42 Å². The fourth-order valence-corrected chi connectivity index (χ4v) is 4.94. The number of thiazole rings is 1. The molecule has 4 aromatic rings. The molecule has 0 saturated carbocycles. The molecule has 3 aromatic carbocycles. The summed E-state index contributed by atoms with van der Waals surface area (Å²) in [4.78, 5) is 5.83. The Balaban J connectivity index is 1.88. The number of aromatic nitrogens is 1. The maximum absolute atomic E-state index is 11.6. The summed E-state index contributed by atoms with van der Waals surface area (Å²) < 4.78 is 28.4. The molecule has 0 radical (unpaired) electrons. The zero-order valence-electron chi connectivity index (χ0n) is 15.9. The van der Waals surface area contributed by atoms with Crippen molar-refractivity contribution in [3.63, 3.8) is 0 Å². The number of methoxy groups -OCH3 is 1. The molecule has 0 saturated heterocycles. The van der Waals surface area contributed by atoms with Crippen molar-refractivity contribution >= 4 is 33.0 Å². The van der Waals surface area contributed by atoms with Gasteiger partial charge in [-0.2, -0.15) is 0 Å². The van der Waals surface area contributed by atoms with E-state index in [1.54, 1.807) is 19.2 Å². The summed E-state index contributed by atoms with van der Waals surface area (Å²) >= 11 is 7.88. The maximum Gasteiger partial charge on any atom is 0.238 e. The molecule has 5 nitrogen and oxygen atoms in total. The van der Waals surface area contributed by atoms with Crippen LogP contribution in [-0.4, -0.2) is 20.5 Å². The van der Waals surface area contributed by atoms with Crippen LogP contribution in [0, 0.1) is 0 Å². The molecular formula is C22H17ClN2O3S2. The maximum atomic E-state index is 11.6. The molecule has 4 rings (SSSR count). The van der Waals surface area contributed by atoms with Crippen LogP contribution in [0.4, 0.5) is 0 Å². The molecule has 0 atom stereocenters. The van der Waals surface area contributed by atoms with Crippen molar-refractivity contribution in [2.24, 2.45) is 5.14 Å². The summed E-state index contributed by atoms with van der Waals surface area (Å²) in [5, 5.41) is 6.62. The highest BCUT2D eigenvalue weighted by Gasteiger charge is 2.18.